The van der Waals surface area contributed by atoms with Gasteiger partial charge in [-0.1, -0.05) is 31.4 Å². The topological polar surface area (TPSA) is 60.8 Å². The van der Waals surface area contributed by atoms with Crippen LogP contribution in [-0.4, -0.2) is 40.7 Å². The van der Waals surface area contributed by atoms with Crippen molar-refractivity contribution in [2.45, 2.75) is 43.6 Å². The molecule has 4 nitrogen and oxygen atoms in total. The summed E-state index contributed by atoms with van der Waals surface area (Å²) in [5, 5.41) is 20.4. The van der Waals surface area contributed by atoms with Crippen molar-refractivity contribution in [1.29, 1.82) is 0 Å². The molecular formula is C16H23NO3. The van der Waals surface area contributed by atoms with Gasteiger partial charge in [0, 0.05) is 14.1 Å². The Morgan fingerprint density at radius 3 is 2.20 bits per heavy atom. The number of likely N-dealkylation sites (N-methyl/N-ethyl adjacent to an activating group) is 1. The quantitative estimate of drug-likeness (QED) is 0.891. The van der Waals surface area contributed by atoms with E-state index in [1.807, 2.05) is 0 Å². The third kappa shape index (κ3) is 2.96. The van der Waals surface area contributed by atoms with E-state index in [1.54, 1.807) is 38.4 Å². The van der Waals surface area contributed by atoms with Gasteiger partial charge in [0.1, 0.15) is 5.75 Å². The number of carbonyl (C=O) groups excluding carboxylic acids is 1. The molecule has 1 aliphatic rings. The van der Waals surface area contributed by atoms with Gasteiger partial charge in [-0.3, -0.25) is 4.79 Å². The zero-order valence-electron chi connectivity index (χ0n) is 12.2. The van der Waals surface area contributed by atoms with Gasteiger partial charge in [0.05, 0.1) is 11.5 Å². The Balaban J connectivity index is 2.38. The average Bonchev–Trinajstić information content (AvgIpc) is 2.41. The molecule has 0 spiro atoms. The summed E-state index contributed by atoms with van der Waals surface area (Å²) in [5.74, 6) is -0.473. The molecule has 2 N–H and O–H groups in total. The first-order chi connectivity index (χ1) is 9.44. The largest absolute Gasteiger partial charge is 0.508 e. The van der Waals surface area contributed by atoms with Crippen LogP contribution in [0.5, 0.6) is 5.75 Å². The minimum absolute atomic E-state index is 0.0833. The van der Waals surface area contributed by atoms with Crippen LogP contribution in [0.3, 0.4) is 0 Å². The summed E-state index contributed by atoms with van der Waals surface area (Å²) >= 11 is 0. The van der Waals surface area contributed by atoms with Gasteiger partial charge in [-0.2, -0.15) is 0 Å². The van der Waals surface area contributed by atoms with Crippen LogP contribution in [0.25, 0.3) is 0 Å². The van der Waals surface area contributed by atoms with E-state index in [1.165, 1.54) is 4.90 Å². The molecule has 0 radical (unpaired) electrons. The molecular weight excluding hydrogens is 254 g/mol. The van der Waals surface area contributed by atoms with Gasteiger partial charge in [0.15, 0.2) is 0 Å². The highest BCUT2D eigenvalue weighted by atomic mass is 16.3. The second-order valence-corrected chi connectivity index (χ2v) is 5.92. The number of aliphatic hydroxyl groups is 1. The van der Waals surface area contributed by atoms with Crippen LogP contribution >= 0.6 is 0 Å². The Kier molecular flexibility index (Phi) is 4.33. The van der Waals surface area contributed by atoms with Crippen molar-refractivity contribution in [3.8, 4) is 5.75 Å². The lowest BCUT2D eigenvalue weighted by atomic mass is 9.72. The highest BCUT2D eigenvalue weighted by molar-refractivity contribution is 5.84. The van der Waals surface area contributed by atoms with Crippen LogP contribution in [0.2, 0.25) is 0 Å². The molecule has 0 bridgehead atoms. The normalized spacial score (nSPS) is 19.4. The van der Waals surface area contributed by atoms with Crippen LogP contribution in [-0.2, 0) is 4.79 Å². The number of amides is 1. The zero-order chi connectivity index (χ0) is 14.8. The van der Waals surface area contributed by atoms with Crippen molar-refractivity contribution in [1.82, 2.24) is 4.90 Å². The maximum absolute atomic E-state index is 12.5. The third-order valence-corrected chi connectivity index (χ3v) is 4.17. The number of benzene rings is 1. The number of carbonyl (C=O) groups is 1. The molecule has 0 heterocycles. The Morgan fingerprint density at radius 1 is 1.15 bits per heavy atom. The number of hydrogen-bond acceptors (Lipinski definition) is 3. The number of hydrogen-bond donors (Lipinski definition) is 2. The van der Waals surface area contributed by atoms with Gasteiger partial charge in [0.2, 0.25) is 5.91 Å². The van der Waals surface area contributed by atoms with Gasteiger partial charge in [-0.25, -0.2) is 0 Å². The van der Waals surface area contributed by atoms with Crippen molar-refractivity contribution < 1.29 is 15.0 Å². The standard InChI is InChI=1S/C16H23NO3/c1-17(2)15(19)14(12-6-8-13(18)9-7-12)16(20)10-4-3-5-11-16/h6-9,14,18,20H,3-5,10-11H2,1-2H3. The molecule has 1 amide bonds. The minimum Gasteiger partial charge on any atom is -0.508 e. The SMILES string of the molecule is CN(C)C(=O)C(c1ccc(O)cc1)C1(O)CCCCC1. The van der Waals surface area contributed by atoms with Crippen LogP contribution in [0.1, 0.15) is 43.6 Å². The summed E-state index contributed by atoms with van der Waals surface area (Å²) < 4.78 is 0. The lowest BCUT2D eigenvalue weighted by Crippen LogP contribution is -2.46. The summed E-state index contributed by atoms with van der Waals surface area (Å²) in [6.45, 7) is 0. The van der Waals surface area contributed by atoms with Crippen LogP contribution < -0.4 is 0 Å². The number of aromatic hydroxyl groups is 1. The van der Waals surface area contributed by atoms with Crippen LogP contribution in [0, 0.1) is 0 Å². The fraction of sp³-hybridized carbons (Fsp3) is 0.562. The highest BCUT2D eigenvalue weighted by Crippen LogP contribution is 2.41. The van der Waals surface area contributed by atoms with Crippen molar-refractivity contribution in [3.63, 3.8) is 0 Å². The maximum Gasteiger partial charge on any atom is 0.232 e. The van der Waals surface area contributed by atoms with E-state index in [9.17, 15) is 15.0 Å². The summed E-state index contributed by atoms with van der Waals surface area (Å²) in [5.41, 5.74) is -0.206. The summed E-state index contributed by atoms with van der Waals surface area (Å²) in [4.78, 5) is 14.1. The Hall–Kier alpha value is -1.55. The van der Waals surface area contributed by atoms with Crippen LogP contribution in [0.15, 0.2) is 24.3 Å². The number of phenolic OH excluding ortho intramolecular Hbond substituents is 1. The van der Waals surface area contributed by atoms with Gasteiger partial charge in [-0.05, 0) is 30.5 Å². The van der Waals surface area contributed by atoms with E-state index < -0.39 is 11.5 Å². The maximum atomic E-state index is 12.5. The molecule has 1 saturated carbocycles. The van der Waals surface area contributed by atoms with Crippen molar-refractivity contribution in [2.75, 3.05) is 14.1 Å². The first kappa shape index (κ1) is 14.9. The summed E-state index contributed by atoms with van der Waals surface area (Å²) in [6, 6.07) is 6.59. The molecule has 20 heavy (non-hydrogen) atoms. The van der Waals surface area contributed by atoms with Crippen molar-refractivity contribution >= 4 is 5.91 Å². The van der Waals surface area contributed by atoms with E-state index in [4.69, 9.17) is 0 Å². The first-order valence-electron chi connectivity index (χ1n) is 7.16. The van der Waals surface area contributed by atoms with Crippen molar-refractivity contribution in [2.24, 2.45) is 0 Å². The predicted molar refractivity (Wildman–Crippen MR) is 77.6 cm³/mol. The fourth-order valence-electron chi connectivity index (χ4n) is 3.06. The van der Waals surface area contributed by atoms with E-state index in [2.05, 4.69) is 0 Å². The van der Waals surface area contributed by atoms with E-state index in [-0.39, 0.29) is 11.7 Å². The Bertz CT molecular complexity index is 461. The second kappa shape index (κ2) is 5.83. The molecule has 1 unspecified atom stereocenters. The van der Waals surface area contributed by atoms with Gasteiger partial charge < -0.3 is 15.1 Å². The molecule has 0 saturated heterocycles. The Labute approximate surface area is 120 Å². The van der Waals surface area contributed by atoms with E-state index in [0.717, 1.165) is 24.8 Å². The molecule has 4 heteroatoms. The van der Waals surface area contributed by atoms with Gasteiger partial charge in [-0.15, -0.1) is 0 Å². The number of phenols is 1. The molecule has 0 aromatic heterocycles. The number of rotatable bonds is 3. The molecule has 1 fully saturated rings. The molecule has 1 aromatic rings. The first-order valence-corrected chi connectivity index (χ1v) is 7.16. The lowest BCUT2D eigenvalue weighted by Gasteiger charge is -2.39. The van der Waals surface area contributed by atoms with Crippen LogP contribution in [0.4, 0.5) is 0 Å². The average molecular weight is 277 g/mol. The molecule has 0 aliphatic heterocycles. The molecule has 2 rings (SSSR count). The lowest BCUT2D eigenvalue weighted by molar-refractivity contribution is -0.139. The van der Waals surface area contributed by atoms with E-state index in [0.29, 0.717) is 12.8 Å². The monoisotopic (exact) mass is 277 g/mol. The zero-order valence-corrected chi connectivity index (χ0v) is 12.2. The molecule has 1 aromatic carbocycles. The predicted octanol–water partition coefficient (Wildman–Crippen LogP) is 2.26. The molecule has 1 atom stereocenters. The summed E-state index contributed by atoms with van der Waals surface area (Å²) in [7, 11) is 3.42. The van der Waals surface area contributed by atoms with Gasteiger partial charge >= 0.3 is 0 Å². The highest BCUT2D eigenvalue weighted by Gasteiger charge is 2.43. The molecule has 110 valence electrons. The molecule has 1 aliphatic carbocycles. The smallest absolute Gasteiger partial charge is 0.232 e. The minimum atomic E-state index is -0.976. The van der Waals surface area contributed by atoms with E-state index >= 15 is 0 Å². The third-order valence-electron chi connectivity index (χ3n) is 4.17. The second-order valence-electron chi connectivity index (χ2n) is 5.92. The van der Waals surface area contributed by atoms with Crippen molar-refractivity contribution in [3.05, 3.63) is 29.8 Å². The Morgan fingerprint density at radius 2 is 1.70 bits per heavy atom. The van der Waals surface area contributed by atoms with Gasteiger partial charge in [0.25, 0.3) is 0 Å². The fourth-order valence-corrected chi connectivity index (χ4v) is 3.06. The number of nitrogens with zero attached hydrogens (tertiary/aromatic N) is 1. The summed E-state index contributed by atoms with van der Waals surface area (Å²) in [6.07, 6.45) is 4.31.